The summed E-state index contributed by atoms with van der Waals surface area (Å²) < 4.78 is 0.959. The van der Waals surface area contributed by atoms with Crippen LogP contribution in [0.2, 0.25) is 15.1 Å². The minimum atomic E-state index is 0.475. The molecule has 0 aliphatic heterocycles. The Bertz CT molecular complexity index is 897. The molecule has 23 heavy (non-hydrogen) atoms. The van der Waals surface area contributed by atoms with Gasteiger partial charge in [-0.2, -0.15) is 0 Å². The number of pyridine rings is 1. The van der Waals surface area contributed by atoms with Crippen LogP contribution >= 0.6 is 50.7 Å². The van der Waals surface area contributed by atoms with Crippen molar-refractivity contribution in [3.63, 3.8) is 0 Å². The van der Waals surface area contributed by atoms with Crippen LogP contribution in [-0.2, 0) is 6.54 Å². The molecule has 0 radical (unpaired) electrons. The Labute approximate surface area is 157 Å². The fourth-order valence-corrected chi connectivity index (χ4v) is 3.54. The van der Waals surface area contributed by atoms with Gasteiger partial charge in [-0.15, -0.1) is 0 Å². The number of hydrogen-bond donors (Lipinski definition) is 1. The van der Waals surface area contributed by atoms with Crippen molar-refractivity contribution >= 4 is 67.3 Å². The molecule has 0 saturated heterocycles. The number of nitrogens with zero attached hydrogens (tertiary/aromatic N) is 1. The first-order valence-electron chi connectivity index (χ1n) is 6.89. The van der Waals surface area contributed by atoms with Gasteiger partial charge in [0, 0.05) is 38.4 Å². The number of aryl methyl sites for hydroxylation is 1. The summed E-state index contributed by atoms with van der Waals surface area (Å²) in [4.78, 5) is 4.58. The normalized spacial score (nSPS) is 11.0. The molecule has 1 N–H and O–H groups in total. The summed E-state index contributed by atoms with van der Waals surface area (Å²) in [6, 6.07) is 11.4. The number of para-hydroxylation sites is 1. The predicted molar refractivity (Wildman–Crippen MR) is 103 cm³/mol. The van der Waals surface area contributed by atoms with Gasteiger partial charge in [-0.1, -0.05) is 46.9 Å². The third-order valence-corrected chi connectivity index (χ3v) is 5.35. The van der Waals surface area contributed by atoms with E-state index in [1.807, 2.05) is 31.2 Å². The topological polar surface area (TPSA) is 24.9 Å². The van der Waals surface area contributed by atoms with Gasteiger partial charge in [-0.3, -0.25) is 4.98 Å². The van der Waals surface area contributed by atoms with Gasteiger partial charge < -0.3 is 5.32 Å². The number of rotatable bonds is 3. The number of nitrogens with one attached hydrogen (secondary N) is 1. The van der Waals surface area contributed by atoms with Crippen LogP contribution in [0.15, 0.2) is 40.9 Å². The minimum absolute atomic E-state index is 0.475. The van der Waals surface area contributed by atoms with E-state index in [0.717, 1.165) is 32.3 Å². The van der Waals surface area contributed by atoms with E-state index in [1.54, 1.807) is 12.1 Å². The molecule has 0 fully saturated rings. The third kappa shape index (κ3) is 3.43. The Balaban J connectivity index is 2.00. The van der Waals surface area contributed by atoms with Gasteiger partial charge in [0.05, 0.1) is 15.6 Å². The van der Waals surface area contributed by atoms with Crippen molar-refractivity contribution in [3.05, 3.63) is 67.2 Å². The molecule has 0 aliphatic carbocycles. The Morgan fingerprint density at radius 1 is 1.09 bits per heavy atom. The van der Waals surface area contributed by atoms with Crippen LogP contribution in [-0.4, -0.2) is 4.98 Å². The summed E-state index contributed by atoms with van der Waals surface area (Å²) in [6.07, 6.45) is 0. The quantitative estimate of drug-likeness (QED) is 0.458. The molecule has 0 saturated carbocycles. The highest BCUT2D eigenvalue weighted by Crippen LogP contribution is 2.33. The Hall–Kier alpha value is -1.00. The molecule has 2 nitrogen and oxygen atoms in total. The first-order valence-corrected chi connectivity index (χ1v) is 8.82. The average Bonchev–Trinajstić information content (AvgIpc) is 2.52. The summed E-state index contributed by atoms with van der Waals surface area (Å²) in [7, 11) is 0. The van der Waals surface area contributed by atoms with Crippen molar-refractivity contribution in [1.82, 2.24) is 4.98 Å². The highest BCUT2D eigenvalue weighted by molar-refractivity contribution is 9.10. The van der Waals surface area contributed by atoms with E-state index >= 15 is 0 Å². The van der Waals surface area contributed by atoms with Crippen molar-refractivity contribution < 1.29 is 0 Å². The highest BCUT2D eigenvalue weighted by Gasteiger charge is 2.11. The summed E-state index contributed by atoms with van der Waals surface area (Å²) in [5.41, 5.74) is 3.59. The Kier molecular flexibility index (Phi) is 5.02. The van der Waals surface area contributed by atoms with Gasteiger partial charge in [0.15, 0.2) is 0 Å². The van der Waals surface area contributed by atoms with Gasteiger partial charge >= 0.3 is 0 Å². The maximum Gasteiger partial charge on any atom is 0.0867 e. The van der Waals surface area contributed by atoms with Crippen molar-refractivity contribution in [2.75, 3.05) is 5.32 Å². The van der Waals surface area contributed by atoms with Crippen LogP contribution < -0.4 is 5.32 Å². The zero-order valence-corrected chi connectivity index (χ0v) is 16.0. The Morgan fingerprint density at radius 3 is 2.61 bits per heavy atom. The number of aromatic nitrogens is 1. The van der Waals surface area contributed by atoms with Crippen molar-refractivity contribution in [3.8, 4) is 0 Å². The lowest BCUT2D eigenvalue weighted by Crippen LogP contribution is -2.03. The summed E-state index contributed by atoms with van der Waals surface area (Å²) in [5, 5.41) is 5.97. The number of hydrogen-bond acceptors (Lipinski definition) is 2. The van der Waals surface area contributed by atoms with Crippen molar-refractivity contribution in [1.29, 1.82) is 0 Å². The van der Waals surface area contributed by atoms with E-state index < -0.39 is 0 Å². The summed E-state index contributed by atoms with van der Waals surface area (Å²) >= 11 is 22.1. The fraction of sp³-hybridized carbons (Fsp3) is 0.118. The molecule has 6 heteroatoms. The molecule has 1 aromatic heterocycles. The molecule has 0 spiro atoms. The smallest absolute Gasteiger partial charge is 0.0867 e. The van der Waals surface area contributed by atoms with Crippen LogP contribution in [0.3, 0.4) is 0 Å². The monoisotopic (exact) mass is 428 g/mol. The number of halogens is 4. The van der Waals surface area contributed by atoms with Gasteiger partial charge in [0.25, 0.3) is 0 Å². The van der Waals surface area contributed by atoms with E-state index in [2.05, 4.69) is 26.2 Å². The van der Waals surface area contributed by atoms with Crippen LogP contribution in [0.25, 0.3) is 10.9 Å². The summed E-state index contributed by atoms with van der Waals surface area (Å²) in [5.74, 6) is 0. The minimum Gasteiger partial charge on any atom is -0.380 e. The van der Waals surface area contributed by atoms with Gasteiger partial charge in [-0.25, -0.2) is 0 Å². The summed E-state index contributed by atoms with van der Waals surface area (Å²) in [6.45, 7) is 2.44. The van der Waals surface area contributed by atoms with Crippen LogP contribution in [0.4, 0.5) is 5.69 Å². The second kappa shape index (κ2) is 6.86. The number of fused-ring (bicyclic) bond motifs is 1. The standard InChI is InChI=1S/C17H12BrCl3N2/c1-9-7-15(10-3-2-4-12(18)17(10)23-9)22-8-11-13(19)5-6-14(20)16(11)21/h2-7H,8H2,1H3,(H,22,23). The average molecular weight is 431 g/mol. The lowest BCUT2D eigenvalue weighted by molar-refractivity contribution is 1.14. The Morgan fingerprint density at radius 2 is 1.83 bits per heavy atom. The zero-order valence-electron chi connectivity index (χ0n) is 12.1. The van der Waals surface area contributed by atoms with E-state index in [0.29, 0.717) is 21.6 Å². The highest BCUT2D eigenvalue weighted by atomic mass is 79.9. The number of benzene rings is 2. The number of anilines is 1. The van der Waals surface area contributed by atoms with Crippen LogP contribution in [0.1, 0.15) is 11.3 Å². The molecule has 3 rings (SSSR count). The van der Waals surface area contributed by atoms with Crippen molar-refractivity contribution in [2.24, 2.45) is 0 Å². The fourth-order valence-electron chi connectivity index (χ4n) is 2.40. The van der Waals surface area contributed by atoms with Crippen molar-refractivity contribution in [2.45, 2.75) is 13.5 Å². The molecule has 0 unspecified atom stereocenters. The molecule has 2 aromatic carbocycles. The molecule has 0 atom stereocenters. The molecule has 0 amide bonds. The molecule has 0 aliphatic rings. The largest absolute Gasteiger partial charge is 0.380 e. The zero-order chi connectivity index (χ0) is 16.6. The van der Waals surface area contributed by atoms with E-state index in [1.165, 1.54) is 0 Å². The second-order valence-electron chi connectivity index (χ2n) is 5.12. The maximum absolute atomic E-state index is 6.26. The van der Waals surface area contributed by atoms with Crippen LogP contribution in [0, 0.1) is 6.92 Å². The lowest BCUT2D eigenvalue weighted by atomic mass is 10.1. The first kappa shape index (κ1) is 16.8. The molecular weight excluding hydrogens is 418 g/mol. The van der Waals surface area contributed by atoms with E-state index in [-0.39, 0.29) is 0 Å². The maximum atomic E-state index is 6.26. The third-order valence-electron chi connectivity index (χ3n) is 3.51. The lowest BCUT2D eigenvalue weighted by Gasteiger charge is -2.14. The van der Waals surface area contributed by atoms with Gasteiger partial charge in [0.1, 0.15) is 0 Å². The predicted octanol–water partition coefficient (Wildman–Crippen LogP) is 6.88. The molecular formula is C17H12BrCl3N2. The van der Waals surface area contributed by atoms with Crippen LogP contribution in [0.5, 0.6) is 0 Å². The molecule has 118 valence electrons. The van der Waals surface area contributed by atoms with Gasteiger partial charge in [-0.05, 0) is 47.1 Å². The van der Waals surface area contributed by atoms with E-state index in [9.17, 15) is 0 Å². The first-order chi connectivity index (χ1) is 11.0. The SMILES string of the molecule is Cc1cc(NCc2c(Cl)ccc(Cl)c2Cl)c2cccc(Br)c2n1. The molecule has 1 heterocycles. The van der Waals surface area contributed by atoms with E-state index in [4.69, 9.17) is 34.8 Å². The van der Waals surface area contributed by atoms with Gasteiger partial charge in [0.2, 0.25) is 0 Å². The molecule has 3 aromatic rings. The molecule has 0 bridgehead atoms. The second-order valence-corrected chi connectivity index (χ2v) is 7.17.